The molecule has 1 saturated heterocycles. The first-order valence-corrected chi connectivity index (χ1v) is 8.64. The second-order valence-corrected chi connectivity index (χ2v) is 7.10. The van der Waals surface area contributed by atoms with Crippen molar-refractivity contribution in [1.29, 1.82) is 0 Å². The van der Waals surface area contributed by atoms with Gasteiger partial charge in [-0.25, -0.2) is 0 Å². The van der Waals surface area contributed by atoms with E-state index in [1.165, 1.54) is 0 Å². The van der Waals surface area contributed by atoms with E-state index in [1.54, 1.807) is 0 Å². The van der Waals surface area contributed by atoms with Crippen LogP contribution in [0.1, 0.15) is 31.4 Å². The standard InChI is InChI=1S/C21H25NO2/c1-16-13-17(2)15-22(14-16)20(23)21(24,18-9-5-3-6-10-18)19-11-7-4-8-12-19/h3-12,16-17,24H,13-15H2,1-2H3. The highest BCUT2D eigenvalue weighted by Crippen LogP contribution is 2.33. The van der Waals surface area contributed by atoms with Crippen LogP contribution in [-0.2, 0) is 10.4 Å². The van der Waals surface area contributed by atoms with E-state index in [0.717, 1.165) is 6.42 Å². The van der Waals surface area contributed by atoms with Crippen molar-refractivity contribution in [3.8, 4) is 0 Å². The Morgan fingerprint density at radius 3 is 1.75 bits per heavy atom. The maximum atomic E-state index is 13.4. The molecule has 1 heterocycles. The molecule has 3 rings (SSSR count). The third-order valence-electron chi connectivity index (χ3n) is 4.85. The fourth-order valence-corrected chi connectivity index (χ4v) is 3.83. The summed E-state index contributed by atoms with van der Waals surface area (Å²) in [4.78, 5) is 15.2. The van der Waals surface area contributed by atoms with Crippen LogP contribution in [0.2, 0.25) is 0 Å². The lowest BCUT2D eigenvalue weighted by Gasteiger charge is -2.40. The van der Waals surface area contributed by atoms with Crippen molar-refractivity contribution in [2.24, 2.45) is 11.8 Å². The Labute approximate surface area is 143 Å². The highest BCUT2D eigenvalue weighted by Gasteiger charge is 2.43. The molecule has 1 N–H and O–H groups in total. The minimum absolute atomic E-state index is 0.224. The lowest BCUT2D eigenvalue weighted by molar-refractivity contribution is -0.151. The minimum atomic E-state index is -1.64. The van der Waals surface area contributed by atoms with Gasteiger partial charge in [0, 0.05) is 13.1 Å². The summed E-state index contributed by atoms with van der Waals surface area (Å²) in [5.41, 5.74) is -0.404. The zero-order valence-corrected chi connectivity index (χ0v) is 14.4. The van der Waals surface area contributed by atoms with Gasteiger partial charge in [-0.15, -0.1) is 0 Å². The summed E-state index contributed by atoms with van der Waals surface area (Å²) in [7, 11) is 0. The summed E-state index contributed by atoms with van der Waals surface area (Å²) in [5.74, 6) is 0.681. The molecule has 0 saturated carbocycles. The van der Waals surface area contributed by atoms with Crippen molar-refractivity contribution in [3.63, 3.8) is 0 Å². The lowest BCUT2D eigenvalue weighted by Crippen LogP contribution is -2.52. The van der Waals surface area contributed by atoms with Crippen LogP contribution >= 0.6 is 0 Å². The molecule has 2 atom stereocenters. The van der Waals surface area contributed by atoms with E-state index in [2.05, 4.69) is 13.8 Å². The Balaban J connectivity index is 2.04. The predicted molar refractivity (Wildman–Crippen MR) is 95.4 cm³/mol. The first-order valence-electron chi connectivity index (χ1n) is 8.64. The average Bonchev–Trinajstić information content (AvgIpc) is 2.61. The number of likely N-dealkylation sites (tertiary alicyclic amines) is 1. The molecule has 3 nitrogen and oxygen atoms in total. The van der Waals surface area contributed by atoms with Crippen LogP contribution in [0.25, 0.3) is 0 Å². The topological polar surface area (TPSA) is 40.5 Å². The average molecular weight is 323 g/mol. The van der Waals surface area contributed by atoms with Gasteiger partial charge in [-0.1, -0.05) is 74.5 Å². The van der Waals surface area contributed by atoms with Gasteiger partial charge in [0.25, 0.3) is 5.91 Å². The fourth-order valence-electron chi connectivity index (χ4n) is 3.83. The molecular formula is C21H25NO2. The number of hydrogen-bond donors (Lipinski definition) is 1. The molecule has 2 unspecified atom stereocenters. The van der Waals surface area contributed by atoms with Gasteiger partial charge in [0.15, 0.2) is 5.60 Å². The number of piperidine rings is 1. The van der Waals surface area contributed by atoms with Crippen LogP contribution in [0, 0.1) is 11.8 Å². The number of carbonyl (C=O) groups is 1. The largest absolute Gasteiger partial charge is 0.372 e. The van der Waals surface area contributed by atoms with Crippen molar-refractivity contribution in [2.45, 2.75) is 25.9 Å². The molecule has 0 spiro atoms. The van der Waals surface area contributed by atoms with Gasteiger partial charge in [-0.2, -0.15) is 0 Å². The van der Waals surface area contributed by atoms with E-state index in [4.69, 9.17) is 0 Å². The Morgan fingerprint density at radius 2 is 1.33 bits per heavy atom. The summed E-state index contributed by atoms with van der Waals surface area (Å²) in [6.07, 6.45) is 1.12. The highest BCUT2D eigenvalue weighted by molar-refractivity contribution is 5.90. The molecule has 126 valence electrons. The molecule has 1 fully saturated rings. The Morgan fingerprint density at radius 1 is 0.917 bits per heavy atom. The zero-order valence-electron chi connectivity index (χ0n) is 14.4. The third kappa shape index (κ3) is 3.09. The van der Waals surface area contributed by atoms with Gasteiger partial charge in [0.05, 0.1) is 0 Å². The van der Waals surface area contributed by atoms with Crippen LogP contribution in [-0.4, -0.2) is 29.0 Å². The van der Waals surface area contributed by atoms with Crippen molar-refractivity contribution >= 4 is 5.91 Å². The third-order valence-corrected chi connectivity index (χ3v) is 4.85. The van der Waals surface area contributed by atoms with E-state index in [9.17, 15) is 9.90 Å². The number of aliphatic hydroxyl groups is 1. The van der Waals surface area contributed by atoms with E-state index < -0.39 is 5.60 Å². The smallest absolute Gasteiger partial charge is 0.263 e. The van der Waals surface area contributed by atoms with Crippen LogP contribution in [0.5, 0.6) is 0 Å². The quantitative estimate of drug-likeness (QED) is 0.940. The van der Waals surface area contributed by atoms with Gasteiger partial charge < -0.3 is 10.0 Å². The monoisotopic (exact) mass is 323 g/mol. The first kappa shape index (κ1) is 16.7. The second kappa shape index (κ2) is 6.78. The highest BCUT2D eigenvalue weighted by atomic mass is 16.3. The molecule has 24 heavy (non-hydrogen) atoms. The summed E-state index contributed by atoms with van der Waals surface area (Å²) < 4.78 is 0. The predicted octanol–water partition coefficient (Wildman–Crippen LogP) is 3.43. The summed E-state index contributed by atoms with van der Waals surface area (Å²) >= 11 is 0. The number of hydrogen-bond acceptors (Lipinski definition) is 2. The maximum Gasteiger partial charge on any atom is 0.263 e. The van der Waals surface area contributed by atoms with E-state index in [-0.39, 0.29) is 5.91 Å². The zero-order chi connectivity index (χ0) is 17.2. The minimum Gasteiger partial charge on any atom is -0.372 e. The van der Waals surface area contributed by atoms with Gasteiger partial charge in [0.2, 0.25) is 0 Å². The van der Waals surface area contributed by atoms with Crippen LogP contribution in [0.15, 0.2) is 60.7 Å². The molecule has 0 aromatic heterocycles. The molecule has 0 aliphatic carbocycles. The van der Waals surface area contributed by atoms with Crippen LogP contribution < -0.4 is 0 Å². The van der Waals surface area contributed by atoms with Crippen molar-refractivity contribution in [2.75, 3.05) is 13.1 Å². The maximum absolute atomic E-state index is 13.4. The molecule has 3 heteroatoms. The van der Waals surface area contributed by atoms with E-state index >= 15 is 0 Å². The van der Waals surface area contributed by atoms with Gasteiger partial charge in [-0.3, -0.25) is 4.79 Å². The van der Waals surface area contributed by atoms with Crippen molar-refractivity contribution in [1.82, 2.24) is 4.90 Å². The number of benzene rings is 2. The van der Waals surface area contributed by atoms with Gasteiger partial charge in [-0.05, 0) is 29.4 Å². The lowest BCUT2D eigenvalue weighted by atomic mass is 9.83. The fraction of sp³-hybridized carbons (Fsp3) is 0.381. The first-order chi connectivity index (χ1) is 11.5. The van der Waals surface area contributed by atoms with E-state index in [0.29, 0.717) is 36.1 Å². The Hall–Kier alpha value is -2.13. The summed E-state index contributed by atoms with van der Waals surface area (Å²) in [5, 5.41) is 11.6. The number of rotatable bonds is 3. The van der Waals surface area contributed by atoms with Crippen molar-refractivity contribution < 1.29 is 9.90 Å². The number of nitrogens with zero attached hydrogens (tertiary/aromatic N) is 1. The Kier molecular flexibility index (Phi) is 4.72. The Bertz CT molecular complexity index is 634. The molecule has 1 aliphatic heterocycles. The van der Waals surface area contributed by atoms with E-state index in [1.807, 2.05) is 65.6 Å². The molecule has 0 bridgehead atoms. The number of carbonyl (C=O) groups excluding carboxylic acids is 1. The van der Waals surface area contributed by atoms with Gasteiger partial charge in [0.1, 0.15) is 0 Å². The summed E-state index contributed by atoms with van der Waals surface area (Å²) in [6, 6.07) is 18.5. The van der Waals surface area contributed by atoms with Gasteiger partial charge >= 0.3 is 0 Å². The second-order valence-electron chi connectivity index (χ2n) is 7.10. The molecule has 2 aromatic carbocycles. The molecule has 1 amide bonds. The molecular weight excluding hydrogens is 298 g/mol. The van der Waals surface area contributed by atoms with Crippen molar-refractivity contribution in [3.05, 3.63) is 71.8 Å². The van der Waals surface area contributed by atoms with Crippen LogP contribution in [0.4, 0.5) is 0 Å². The summed E-state index contributed by atoms with van der Waals surface area (Å²) in [6.45, 7) is 5.73. The normalized spacial score (nSPS) is 21.5. The van der Waals surface area contributed by atoms with Crippen LogP contribution in [0.3, 0.4) is 0 Å². The SMILES string of the molecule is CC1CC(C)CN(C(=O)C(O)(c2ccccc2)c2ccccc2)C1. The molecule has 2 aromatic rings. The molecule has 0 radical (unpaired) electrons. The molecule has 1 aliphatic rings. The number of amides is 1.